The van der Waals surface area contributed by atoms with Crippen molar-refractivity contribution in [1.82, 2.24) is 25.5 Å². The van der Waals surface area contributed by atoms with Crippen LogP contribution in [0.15, 0.2) is 12.5 Å². The van der Waals surface area contributed by atoms with Crippen molar-refractivity contribution in [2.24, 2.45) is 5.92 Å². The zero-order valence-electron chi connectivity index (χ0n) is 16.8. The van der Waals surface area contributed by atoms with Crippen LogP contribution in [0.5, 0.6) is 0 Å². The maximum Gasteiger partial charge on any atom is 0.224 e. The van der Waals surface area contributed by atoms with E-state index in [1.807, 2.05) is 6.92 Å². The van der Waals surface area contributed by atoms with Gasteiger partial charge in [0.15, 0.2) is 0 Å². The number of hydrogen-bond acceptors (Lipinski definition) is 5. The fourth-order valence-corrected chi connectivity index (χ4v) is 4.12. The third kappa shape index (κ3) is 6.04. The highest BCUT2D eigenvalue weighted by molar-refractivity contribution is 5.79. The van der Waals surface area contributed by atoms with E-state index >= 15 is 0 Å². The lowest BCUT2D eigenvalue weighted by molar-refractivity contribution is -0.126. The summed E-state index contributed by atoms with van der Waals surface area (Å²) in [5, 5.41) is 6.23. The van der Waals surface area contributed by atoms with Gasteiger partial charge in [0, 0.05) is 69.7 Å². The largest absolute Gasteiger partial charge is 0.381 e. The Morgan fingerprint density at radius 1 is 1.25 bits per heavy atom. The van der Waals surface area contributed by atoms with E-state index in [-0.39, 0.29) is 23.8 Å². The van der Waals surface area contributed by atoms with Crippen LogP contribution in [0.3, 0.4) is 0 Å². The zero-order valence-corrected chi connectivity index (χ0v) is 16.8. The molecule has 1 aromatic heterocycles. The van der Waals surface area contributed by atoms with Crippen molar-refractivity contribution in [3.05, 3.63) is 18.2 Å². The first-order valence-electron chi connectivity index (χ1n) is 10.5. The van der Waals surface area contributed by atoms with Crippen molar-refractivity contribution in [3.8, 4) is 0 Å². The van der Waals surface area contributed by atoms with Crippen LogP contribution in [0.25, 0.3) is 0 Å². The van der Waals surface area contributed by atoms with Gasteiger partial charge in [-0.3, -0.25) is 14.5 Å². The Bertz CT molecular complexity index is 615. The molecule has 8 nitrogen and oxygen atoms in total. The quantitative estimate of drug-likeness (QED) is 0.640. The van der Waals surface area contributed by atoms with Gasteiger partial charge in [-0.2, -0.15) is 0 Å². The second-order valence-corrected chi connectivity index (χ2v) is 7.81. The van der Waals surface area contributed by atoms with E-state index in [4.69, 9.17) is 4.74 Å². The summed E-state index contributed by atoms with van der Waals surface area (Å²) in [6.07, 6.45) is 8.28. The predicted molar refractivity (Wildman–Crippen MR) is 106 cm³/mol. The molecule has 0 spiro atoms. The van der Waals surface area contributed by atoms with Crippen molar-refractivity contribution in [3.63, 3.8) is 0 Å². The first kappa shape index (κ1) is 20.8. The summed E-state index contributed by atoms with van der Waals surface area (Å²) in [6.45, 7) is 5.58. The Morgan fingerprint density at radius 2 is 2.07 bits per heavy atom. The summed E-state index contributed by atoms with van der Waals surface area (Å²) < 4.78 is 5.51. The van der Waals surface area contributed by atoms with E-state index < -0.39 is 0 Å². The van der Waals surface area contributed by atoms with Gasteiger partial charge in [-0.05, 0) is 25.7 Å². The molecule has 3 heterocycles. The normalized spacial score (nSPS) is 24.5. The van der Waals surface area contributed by atoms with Crippen LogP contribution in [-0.2, 0) is 20.7 Å². The molecule has 3 N–H and O–H groups in total. The number of likely N-dealkylation sites (tertiary alicyclic amines) is 1. The summed E-state index contributed by atoms with van der Waals surface area (Å²) in [7, 11) is 0. The molecule has 0 aliphatic carbocycles. The maximum absolute atomic E-state index is 12.8. The molecule has 0 unspecified atom stereocenters. The second-order valence-electron chi connectivity index (χ2n) is 7.81. The van der Waals surface area contributed by atoms with Gasteiger partial charge in [-0.15, -0.1) is 0 Å². The number of nitrogens with one attached hydrogen (secondary N) is 3. The van der Waals surface area contributed by atoms with Gasteiger partial charge in [0.2, 0.25) is 11.8 Å². The van der Waals surface area contributed by atoms with Crippen LogP contribution in [0.2, 0.25) is 0 Å². The van der Waals surface area contributed by atoms with Crippen LogP contribution in [-0.4, -0.2) is 71.6 Å². The average molecular weight is 392 g/mol. The molecule has 0 saturated carbocycles. The minimum absolute atomic E-state index is 0.0480. The number of aromatic nitrogens is 2. The molecule has 2 aliphatic rings. The van der Waals surface area contributed by atoms with Crippen LogP contribution < -0.4 is 10.6 Å². The predicted octanol–water partition coefficient (Wildman–Crippen LogP) is 0.854. The maximum atomic E-state index is 12.8. The van der Waals surface area contributed by atoms with E-state index in [2.05, 4.69) is 25.5 Å². The Kier molecular flexibility index (Phi) is 7.85. The Labute approximate surface area is 166 Å². The number of rotatable bonds is 7. The third-order valence-electron chi connectivity index (χ3n) is 5.79. The standard InChI is InChI=1S/C20H33N5O3/c1-2-19(26)24-17-4-3-15(12-25(13-17)18-6-9-28-10-7-18)20(27)22-8-5-16-11-21-14-23-16/h11,14-15,17-18H,2-10,12-13H2,1H3,(H,21,23)(H,22,27)(H,24,26)/t15-,17+/m1/s1. The molecule has 2 fully saturated rings. The summed E-state index contributed by atoms with van der Waals surface area (Å²) in [5.41, 5.74) is 1.02. The molecule has 0 radical (unpaired) electrons. The molecule has 2 aliphatic heterocycles. The lowest BCUT2D eigenvalue weighted by Crippen LogP contribution is -2.49. The van der Waals surface area contributed by atoms with E-state index in [0.29, 0.717) is 19.0 Å². The molecule has 156 valence electrons. The van der Waals surface area contributed by atoms with Crippen LogP contribution in [0, 0.1) is 5.92 Å². The Morgan fingerprint density at radius 3 is 2.79 bits per heavy atom. The number of carbonyl (C=O) groups is 2. The Hall–Kier alpha value is -1.93. The van der Waals surface area contributed by atoms with Crippen molar-refractivity contribution >= 4 is 11.8 Å². The summed E-state index contributed by atoms with van der Waals surface area (Å²) in [5.74, 6) is 0.145. The molecule has 2 atom stereocenters. The second kappa shape index (κ2) is 10.6. The van der Waals surface area contributed by atoms with E-state index in [1.54, 1.807) is 12.5 Å². The lowest BCUT2D eigenvalue weighted by Gasteiger charge is -2.36. The molecule has 28 heavy (non-hydrogen) atoms. The Balaban J connectivity index is 1.58. The van der Waals surface area contributed by atoms with Gasteiger partial charge < -0.3 is 20.4 Å². The van der Waals surface area contributed by atoms with Gasteiger partial charge in [0.1, 0.15) is 0 Å². The van der Waals surface area contributed by atoms with Gasteiger partial charge >= 0.3 is 0 Å². The molecule has 1 aromatic rings. The fourth-order valence-electron chi connectivity index (χ4n) is 4.12. The number of H-pyrrole nitrogens is 1. The van der Waals surface area contributed by atoms with E-state index in [9.17, 15) is 9.59 Å². The minimum Gasteiger partial charge on any atom is -0.381 e. The SMILES string of the molecule is CCC(=O)N[C@H]1CC[C@@H](C(=O)NCCc2cnc[nH]2)CN(C2CCOCC2)C1. The van der Waals surface area contributed by atoms with Crippen LogP contribution >= 0.6 is 0 Å². The molecule has 3 rings (SSSR count). The highest BCUT2D eigenvalue weighted by Crippen LogP contribution is 2.23. The van der Waals surface area contributed by atoms with Gasteiger partial charge in [0.25, 0.3) is 0 Å². The summed E-state index contributed by atoms with van der Waals surface area (Å²) in [6, 6.07) is 0.534. The molecule has 0 aromatic carbocycles. The van der Waals surface area contributed by atoms with Gasteiger partial charge in [-0.25, -0.2) is 4.98 Å². The average Bonchev–Trinajstić information content (AvgIpc) is 3.14. The van der Waals surface area contributed by atoms with Crippen molar-refractivity contribution in [1.29, 1.82) is 0 Å². The number of carbonyl (C=O) groups excluding carboxylic acids is 2. The topological polar surface area (TPSA) is 99.3 Å². The first-order chi connectivity index (χ1) is 13.7. The van der Waals surface area contributed by atoms with Crippen molar-refractivity contribution in [2.45, 2.75) is 57.5 Å². The van der Waals surface area contributed by atoms with Crippen molar-refractivity contribution < 1.29 is 14.3 Å². The number of nitrogens with zero attached hydrogens (tertiary/aromatic N) is 2. The molecule has 0 bridgehead atoms. The van der Waals surface area contributed by atoms with Gasteiger partial charge in [0.05, 0.1) is 12.2 Å². The number of hydrogen-bond donors (Lipinski definition) is 3. The molecular weight excluding hydrogens is 358 g/mol. The third-order valence-corrected chi connectivity index (χ3v) is 5.79. The smallest absolute Gasteiger partial charge is 0.224 e. The van der Waals surface area contributed by atoms with E-state index in [1.165, 1.54) is 0 Å². The summed E-state index contributed by atoms with van der Waals surface area (Å²) in [4.78, 5) is 34.2. The first-order valence-corrected chi connectivity index (χ1v) is 10.5. The number of aromatic amines is 1. The molecule has 2 amide bonds. The van der Waals surface area contributed by atoms with E-state index in [0.717, 1.165) is 64.1 Å². The molecule has 2 saturated heterocycles. The van der Waals surface area contributed by atoms with Crippen LogP contribution in [0.1, 0.15) is 44.7 Å². The zero-order chi connectivity index (χ0) is 19.8. The van der Waals surface area contributed by atoms with Crippen molar-refractivity contribution in [2.75, 3.05) is 32.8 Å². The number of imidazole rings is 1. The molecular formula is C20H33N5O3. The van der Waals surface area contributed by atoms with Crippen LogP contribution in [0.4, 0.5) is 0 Å². The fraction of sp³-hybridized carbons (Fsp3) is 0.750. The van der Waals surface area contributed by atoms with Gasteiger partial charge in [-0.1, -0.05) is 6.92 Å². The number of amides is 2. The highest BCUT2D eigenvalue weighted by Gasteiger charge is 2.32. The minimum atomic E-state index is -0.0480. The lowest BCUT2D eigenvalue weighted by atomic mass is 10.00. The number of ether oxygens (including phenoxy) is 1. The summed E-state index contributed by atoms with van der Waals surface area (Å²) >= 11 is 0. The highest BCUT2D eigenvalue weighted by atomic mass is 16.5. The monoisotopic (exact) mass is 391 g/mol. The molecule has 8 heteroatoms.